The van der Waals surface area contributed by atoms with E-state index in [0.717, 1.165) is 12.5 Å². The summed E-state index contributed by atoms with van der Waals surface area (Å²) in [6.07, 6.45) is 7.18. The van der Waals surface area contributed by atoms with Crippen LogP contribution in [0.5, 0.6) is 0 Å². The molecule has 0 radical (unpaired) electrons. The minimum absolute atomic E-state index is 0.764. The highest BCUT2D eigenvalue weighted by Crippen LogP contribution is 2.12. The maximum atomic E-state index is 4.54. The molecule has 0 amide bonds. The Morgan fingerprint density at radius 2 is 1.94 bits per heavy atom. The van der Waals surface area contributed by atoms with E-state index in [9.17, 15) is 0 Å². The molecule has 0 aliphatic heterocycles. The van der Waals surface area contributed by atoms with Crippen LogP contribution in [0.25, 0.3) is 0 Å². The van der Waals surface area contributed by atoms with E-state index in [0.29, 0.717) is 0 Å². The van der Waals surface area contributed by atoms with Gasteiger partial charge in [-0.25, -0.2) is 0 Å². The Bertz CT molecular complexity index is 290. The summed E-state index contributed by atoms with van der Waals surface area (Å²) in [5, 5.41) is 0. The molecule has 88 valence electrons. The predicted molar refractivity (Wildman–Crippen MR) is 72.2 cm³/mol. The summed E-state index contributed by atoms with van der Waals surface area (Å²) >= 11 is 0. The van der Waals surface area contributed by atoms with E-state index in [1.165, 1.54) is 31.2 Å². The molecule has 0 heterocycles. The number of benzene rings is 1. The molecule has 0 bridgehead atoms. The van der Waals surface area contributed by atoms with Gasteiger partial charge in [-0.1, -0.05) is 63.4 Å². The van der Waals surface area contributed by atoms with Gasteiger partial charge in [0.15, 0.2) is 0 Å². The lowest BCUT2D eigenvalue weighted by molar-refractivity contribution is 0.463. The largest absolute Gasteiger partial charge is 0.292 e. The molecule has 1 rings (SSSR count). The zero-order valence-corrected chi connectivity index (χ0v) is 10.5. The van der Waals surface area contributed by atoms with Gasteiger partial charge in [-0.3, -0.25) is 4.99 Å². The molecule has 1 aromatic carbocycles. The molecule has 0 spiro atoms. The fraction of sp³-hybridized carbons (Fsp3) is 0.533. The van der Waals surface area contributed by atoms with Crippen molar-refractivity contribution in [2.75, 3.05) is 6.54 Å². The van der Waals surface area contributed by atoms with Crippen LogP contribution in [0.4, 0.5) is 0 Å². The fourth-order valence-corrected chi connectivity index (χ4v) is 1.76. The van der Waals surface area contributed by atoms with Gasteiger partial charge in [0.2, 0.25) is 0 Å². The highest BCUT2D eigenvalue weighted by atomic mass is 14.7. The first kappa shape index (κ1) is 13.0. The van der Waals surface area contributed by atoms with Crippen molar-refractivity contribution in [2.45, 2.75) is 39.5 Å². The highest BCUT2D eigenvalue weighted by Gasteiger charge is 2.03. The summed E-state index contributed by atoms with van der Waals surface area (Å²) in [5.74, 6) is 0.764. The first-order valence-electron chi connectivity index (χ1n) is 6.41. The summed E-state index contributed by atoms with van der Waals surface area (Å²) in [6.45, 7) is 5.49. The fourth-order valence-electron chi connectivity index (χ4n) is 1.76. The summed E-state index contributed by atoms with van der Waals surface area (Å²) in [4.78, 5) is 4.54. The molecule has 0 N–H and O–H groups in total. The van der Waals surface area contributed by atoms with Crippen molar-refractivity contribution in [1.29, 1.82) is 0 Å². The molecule has 16 heavy (non-hydrogen) atoms. The van der Waals surface area contributed by atoms with Crippen molar-refractivity contribution < 1.29 is 0 Å². The number of hydrogen-bond acceptors (Lipinski definition) is 1. The van der Waals surface area contributed by atoms with Crippen LogP contribution in [0.3, 0.4) is 0 Å². The lowest BCUT2D eigenvalue weighted by Gasteiger charge is -2.10. The first-order chi connectivity index (χ1) is 7.86. The molecule has 1 nitrogen and oxygen atoms in total. The standard InChI is InChI=1S/C15H23N/c1-3-5-9-14(4-2)12-16-13-15-10-7-6-8-11-15/h6-8,10-11,13-14H,3-5,9,12H2,1-2H3. The van der Waals surface area contributed by atoms with Crippen molar-refractivity contribution in [2.24, 2.45) is 10.9 Å². The zero-order valence-electron chi connectivity index (χ0n) is 10.5. The maximum Gasteiger partial charge on any atom is 0.0417 e. The predicted octanol–water partition coefficient (Wildman–Crippen LogP) is 4.32. The number of unbranched alkanes of at least 4 members (excludes halogenated alkanes) is 1. The molecule has 1 heteroatoms. The monoisotopic (exact) mass is 217 g/mol. The van der Waals surface area contributed by atoms with Gasteiger partial charge in [0.1, 0.15) is 0 Å². The van der Waals surface area contributed by atoms with Crippen LogP contribution in [0.15, 0.2) is 35.3 Å². The van der Waals surface area contributed by atoms with Crippen LogP contribution < -0.4 is 0 Å². The highest BCUT2D eigenvalue weighted by molar-refractivity contribution is 5.79. The van der Waals surface area contributed by atoms with E-state index in [1.807, 2.05) is 12.3 Å². The molecule has 1 atom stereocenters. The van der Waals surface area contributed by atoms with Crippen molar-refractivity contribution in [3.8, 4) is 0 Å². The number of nitrogens with zero attached hydrogens (tertiary/aromatic N) is 1. The van der Waals surface area contributed by atoms with E-state index in [2.05, 4.69) is 43.1 Å². The van der Waals surface area contributed by atoms with Gasteiger partial charge in [-0.05, 0) is 17.9 Å². The Morgan fingerprint density at radius 3 is 2.56 bits per heavy atom. The molecular weight excluding hydrogens is 194 g/mol. The third-order valence-corrected chi connectivity index (χ3v) is 2.95. The van der Waals surface area contributed by atoms with Crippen LogP contribution in [-0.4, -0.2) is 12.8 Å². The maximum absolute atomic E-state index is 4.54. The number of aliphatic imine (C=N–C) groups is 1. The molecule has 1 unspecified atom stereocenters. The van der Waals surface area contributed by atoms with Crippen molar-refractivity contribution >= 4 is 6.21 Å². The summed E-state index contributed by atoms with van der Waals surface area (Å²) in [7, 11) is 0. The molecule has 0 aliphatic carbocycles. The van der Waals surface area contributed by atoms with Crippen molar-refractivity contribution in [3.63, 3.8) is 0 Å². The Labute approximate surface area is 99.6 Å². The normalized spacial score (nSPS) is 13.1. The topological polar surface area (TPSA) is 12.4 Å². The lowest BCUT2D eigenvalue weighted by atomic mass is 10.00. The second-order valence-electron chi connectivity index (χ2n) is 4.32. The van der Waals surface area contributed by atoms with Crippen LogP contribution in [0.1, 0.15) is 45.1 Å². The van der Waals surface area contributed by atoms with Gasteiger partial charge in [0, 0.05) is 12.8 Å². The van der Waals surface area contributed by atoms with Gasteiger partial charge >= 0.3 is 0 Å². The van der Waals surface area contributed by atoms with E-state index in [1.54, 1.807) is 0 Å². The smallest absolute Gasteiger partial charge is 0.0417 e. The second kappa shape index (κ2) is 8.09. The van der Waals surface area contributed by atoms with Crippen LogP contribution in [0, 0.1) is 5.92 Å². The molecular formula is C15H23N. The number of rotatable bonds is 7. The SMILES string of the molecule is CCCCC(CC)CN=Cc1ccccc1. The van der Waals surface area contributed by atoms with E-state index in [-0.39, 0.29) is 0 Å². The molecule has 0 fully saturated rings. The van der Waals surface area contributed by atoms with Crippen LogP contribution in [-0.2, 0) is 0 Å². The van der Waals surface area contributed by atoms with Crippen molar-refractivity contribution in [3.05, 3.63) is 35.9 Å². The summed E-state index contributed by atoms with van der Waals surface area (Å²) < 4.78 is 0. The van der Waals surface area contributed by atoms with E-state index < -0.39 is 0 Å². The van der Waals surface area contributed by atoms with Crippen LogP contribution >= 0.6 is 0 Å². The summed E-state index contributed by atoms with van der Waals surface area (Å²) in [5.41, 5.74) is 1.20. The lowest BCUT2D eigenvalue weighted by Crippen LogP contribution is -2.03. The van der Waals surface area contributed by atoms with Crippen molar-refractivity contribution in [1.82, 2.24) is 0 Å². The van der Waals surface area contributed by atoms with Gasteiger partial charge in [-0.15, -0.1) is 0 Å². The third-order valence-electron chi connectivity index (χ3n) is 2.95. The van der Waals surface area contributed by atoms with E-state index >= 15 is 0 Å². The summed E-state index contributed by atoms with van der Waals surface area (Å²) in [6, 6.07) is 10.3. The van der Waals surface area contributed by atoms with Crippen LogP contribution in [0.2, 0.25) is 0 Å². The number of hydrogen-bond donors (Lipinski definition) is 0. The Morgan fingerprint density at radius 1 is 1.19 bits per heavy atom. The zero-order chi connectivity index (χ0) is 11.6. The minimum Gasteiger partial charge on any atom is -0.292 e. The Hall–Kier alpha value is -1.11. The average Bonchev–Trinajstić information content (AvgIpc) is 2.35. The van der Waals surface area contributed by atoms with Gasteiger partial charge in [0.25, 0.3) is 0 Å². The van der Waals surface area contributed by atoms with Gasteiger partial charge in [-0.2, -0.15) is 0 Å². The van der Waals surface area contributed by atoms with E-state index in [4.69, 9.17) is 0 Å². The first-order valence-corrected chi connectivity index (χ1v) is 6.41. The van der Waals surface area contributed by atoms with Gasteiger partial charge in [0.05, 0.1) is 0 Å². The third kappa shape index (κ3) is 5.11. The molecule has 0 aromatic heterocycles. The second-order valence-corrected chi connectivity index (χ2v) is 4.32. The Balaban J connectivity index is 2.34. The molecule has 0 aliphatic rings. The molecule has 0 saturated carbocycles. The minimum atomic E-state index is 0.764. The molecule has 1 aromatic rings. The van der Waals surface area contributed by atoms with Gasteiger partial charge < -0.3 is 0 Å². The quantitative estimate of drug-likeness (QED) is 0.603. The average molecular weight is 217 g/mol. The Kier molecular flexibility index (Phi) is 6.55. The molecule has 0 saturated heterocycles.